The number of anilines is 1. The molecule has 0 atom stereocenters. The molecule has 0 bridgehead atoms. The van der Waals surface area contributed by atoms with E-state index in [2.05, 4.69) is 37.9 Å². The third kappa shape index (κ3) is 4.19. The molecule has 0 unspecified atom stereocenters. The fraction of sp³-hybridized carbons (Fsp3) is 0.812. The Kier molecular flexibility index (Phi) is 5.85. The maximum Gasteiger partial charge on any atom is 0.186 e. The predicted molar refractivity (Wildman–Crippen MR) is 88.7 cm³/mol. The van der Waals surface area contributed by atoms with Crippen LogP contribution in [-0.2, 0) is 13.0 Å². The van der Waals surface area contributed by atoms with E-state index >= 15 is 0 Å². The third-order valence-electron chi connectivity index (χ3n) is 3.72. The maximum absolute atomic E-state index is 4.94. The lowest BCUT2D eigenvalue weighted by Crippen LogP contribution is -2.31. The van der Waals surface area contributed by atoms with Crippen LogP contribution in [0.2, 0.25) is 0 Å². The summed E-state index contributed by atoms with van der Waals surface area (Å²) in [5.41, 5.74) is 1.32. The normalized spacial score (nSPS) is 15.1. The summed E-state index contributed by atoms with van der Waals surface area (Å²) >= 11 is 1.90. The van der Waals surface area contributed by atoms with Crippen molar-refractivity contribution in [3.63, 3.8) is 0 Å². The Hall–Kier alpha value is -0.610. The van der Waals surface area contributed by atoms with Crippen molar-refractivity contribution in [2.75, 3.05) is 11.4 Å². The van der Waals surface area contributed by atoms with Crippen molar-refractivity contribution >= 4 is 16.5 Å². The van der Waals surface area contributed by atoms with Gasteiger partial charge in [-0.3, -0.25) is 0 Å². The lowest BCUT2D eigenvalue weighted by atomic mass is 10.2. The van der Waals surface area contributed by atoms with E-state index in [1.165, 1.54) is 41.4 Å². The first kappa shape index (κ1) is 15.8. The van der Waals surface area contributed by atoms with Crippen LogP contribution >= 0.6 is 11.3 Å². The van der Waals surface area contributed by atoms with Crippen LogP contribution in [0.5, 0.6) is 0 Å². The number of aryl methyl sites for hydroxylation is 1. The smallest absolute Gasteiger partial charge is 0.186 e. The fourth-order valence-electron chi connectivity index (χ4n) is 2.40. The van der Waals surface area contributed by atoms with Crippen molar-refractivity contribution < 1.29 is 0 Å². The molecule has 3 nitrogen and oxygen atoms in total. The SMILES string of the molecule is CCCc1nc(N(CCC)C(C)C)sc1CNC1CC1. The molecule has 0 aromatic carbocycles. The molecule has 1 aromatic heterocycles. The van der Waals surface area contributed by atoms with Crippen LogP contribution in [-0.4, -0.2) is 23.6 Å². The average molecular weight is 295 g/mol. The lowest BCUT2D eigenvalue weighted by Gasteiger charge is -2.25. The molecule has 0 amide bonds. The molecule has 0 radical (unpaired) electrons. The Morgan fingerprint density at radius 2 is 2.05 bits per heavy atom. The molecule has 2 rings (SSSR count). The summed E-state index contributed by atoms with van der Waals surface area (Å²) in [6, 6.07) is 1.30. The van der Waals surface area contributed by atoms with Gasteiger partial charge in [-0.05, 0) is 39.5 Å². The molecule has 4 heteroatoms. The van der Waals surface area contributed by atoms with Crippen LogP contribution < -0.4 is 10.2 Å². The Bertz CT molecular complexity index is 410. The maximum atomic E-state index is 4.94. The molecule has 0 aliphatic heterocycles. The van der Waals surface area contributed by atoms with Gasteiger partial charge in [-0.1, -0.05) is 20.3 Å². The van der Waals surface area contributed by atoms with E-state index in [1.807, 2.05) is 11.3 Å². The first-order valence-corrected chi connectivity index (χ1v) is 8.95. The summed E-state index contributed by atoms with van der Waals surface area (Å²) in [4.78, 5) is 8.85. The van der Waals surface area contributed by atoms with E-state index < -0.39 is 0 Å². The second kappa shape index (κ2) is 7.41. The number of nitrogens with zero attached hydrogens (tertiary/aromatic N) is 2. The molecule has 1 fully saturated rings. The molecule has 1 aliphatic carbocycles. The second-order valence-electron chi connectivity index (χ2n) is 6.06. The number of hydrogen-bond acceptors (Lipinski definition) is 4. The Labute approximate surface area is 127 Å². The molecule has 1 aliphatic rings. The van der Waals surface area contributed by atoms with Crippen molar-refractivity contribution in [2.24, 2.45) is 0 Å². The van der Waals surface area contributed by atoms with E-state index in [1.54, 1.807) is 0 Å². The van der Waals surface area contributed by atoms with Gasteiger partial charge >= 0.3 is 0 Å². The van der Waals surface area contributed by atoms with Gasteiger partial charge in [0.15, 0.2) is 5.13 Å². The van der Waals surface area contributed by atoms with Crippen molar-refractivity contribution in [1.29, 1.82) is 0 Å². The summed E-state index contributed by atoms with van der Waals surface area (Å²) in [7, 11) is 0. The van der Waals surface area contributed by atoms with Crippen molar-refractivity contribution in [3.8, 4) is 0 Å². The van der Waals surface area contributed by atoms with Crippen molar-refractivity contribution in [1.82, 2.24) is 10.3 Å². The average Bonchev–Trinajstić information content (AvgIpc) is 3.16. The summed E-state index contributed by atoms with van der Waals surface area (Å²) in [5, 5.41) is 4.86. The Balaban J connectivity index is 2.12. The van der Waals surface area contributed by atoms with Gasteiger partial charge in [-0.15, -0.1) is 11.3 Å². The van der Waals surface area contributed by atoms with Crippen LogP contribution in [0.4, 0.5) is 5.13 Å². The molecule has 1 N–H and O–H groups in total. The number of nitrogens with one attached hydrogen (secondary N) is 1. The zero-order valence-electron chi connectivity index (χ0n) is 13.4. The Morgan fingerprint density at radius 3 is 2.60 bits per heavy atom. The minimum Gasteiger partial charge on any atom is -0.346 e. The highest BCUT2D eigenvalue weighted by atomic mass is 32.1. The lowest BCUT2D eigenvalue weighted by molar-refractivity contribution is 0.666. The highest BCUT2D eigenvalue weighted by Gasteiger charge is 2.22. The van der Waals surface area contributed by atoms with Gasteiger partial charge in [0, 0.05) is 30.1 Å². The summed E-state index contributed by atoms with van der Waals surface area (Å²) in [6.45, 7) is 11.1. The summed E-state index contributed by atoms with van der Waals surface area (Å²) in [6.07, 6.45) is 6.16. The van der Waals surface area contributed by atoms with Gasteiger partial charge < -0.3 is 10.2 Å². The van der Waals surface area contributed by atoms with Gasteiger partial charge in [0.1, 0.15) is 0 Å². The first-order valence-electron chi connectivity index (χ1n) is 8.14. The molecule has 0 spiro atoms. The van der Waals surface area contributed by atoms with Crippen LogP contribution in [0.25, 0.3) is 0 Å². The van der Waals surface area contributed by atoms with E-state index in [4.69, 9.17) is 4.98 Å². The molecule has 20 heavy (non-hydrogen) atoms. The van der Waals surface area contributed by atoms with Gasteiger partial charge in [-0.25, -0.2) is 4.98 Å². The first-order chi connectivity index (χ1) is 9.65. The van der Waals surface area contributed by atoms with E-state index in [0.717, 1.165) is 25.6 Å². The highest BCUT2D eigenvalue weighted by molar-refractivity contribution is 7.15. The van der Waals surface area contributed by atoms with Gasteiger partial charge in [0.05, 0.1) is 5.69 Å². The van der Waals surface area contributed by atoms with Crippen LogP contribution in [0.3, 0.4) is 0 Å². The highest BCUT2D eigenvalue weighted by Crippen LogP contribution is 2.30. The molecular weight excluding hydrogens is 266 g/mol. The molecule has 1 heterocycles. The van der Waals surface area contributed by atoms with Crippen molar-refractivity contribution in [3.05, 3.63) is 10.6 Å². The van der Waals surface area contributed by atoms with E-state index in [9.17, 15) is 0 Å². The number of thiazole rings is 1. The fourth-order valence-corrected chi connectivity index (χ4v) is 3.62. The minimum atomic E-state index is 0.528. The molecule has 1 aromatic rings. The van der Waals surface area contributed by atoms with Gasteiger partial charge in [0.2, 0.25) is 0 Å². The molecule has 114 valence electrons. The van der Waals surface area contributed by atoms with Crippen LogP contribution in [0.1, 0.15) is 63.9 Å². The Morgan fingerprint density at radius 1 is 1.30 bits per heavy atom. The number of hydrogen-bond donors (Lipinski definition) is 1. The molecule has 0 saturated heterocycles. The third-order valence-corrected chi connectivity index (χ3v) is 4.85. The van der Waals surface area contributed by atoms with E-state index in [0.29, 0.717) is 6.04 Å². The van der Waals surface area contributed by atoms with Gasteiger partial charge in [-0.2, -0.15) is 0 Å². The van der Waals surface area contributed by atoms with Crippen LogP contribution in [0, 0.1) is 0 Å². The predicted octanol–water partition coefficient (Wildman–Crippen LogP) is 3.97. The molecular formula is C16H29N3S. The zero-order chi connectivity index (χ0) is 14.5. The zero-order valence-corrected chi connectivity index (χ0v) is 14.2. The quantitative estimate of drug-likeness (QED) is 0.747. The van der Waals surface area contributed by atoms with Gasteiger partial charge in [0.25, 0.3) is 0 Å². The van der Waals surface area contributed by atoms with Crippen molar-refractivity contribution in [2.45, 2.75) is 78.4 Å². The monoisotopic (exact) mass is 295 g/mol. The minimum absolute atomic E-state index is 0.528. The summed E-state index contributed by atoms with van der Waals surface area (Å²) < 4.78 is 0. The largest absolute Gasteiger partial charge is 0.346 e. The second-order valence-corrected chi connectivity index (χ2v) is 7.12. The number of rotatable bonds is 9. The number of aromatic nitrogens is 1. The topological polar surface area (TPSA) is 28.2 Å². The molecule has 1 saturated carbocycles. The summed E-state index contributed by atoms with van der Waals surface area (Å²) in [5.74, 6) is 0. The van der Waals surface area contributed by atoms with E-state index in [-0.39, 0.29) is 0 Å². The van der Waals surface area contributed by atoms with Crippen LogP contribution in [0.15, 0.2) is 0 Å². The standard InChI is InChI=1S/C16H29N3S/c1-5-7-14-15(11-17-13-8-9-13)20-16(18-14)19(10-6-2)12(3)4/h12-13,17H,5-11H2,1-4H3.